The average Bonchev–Trinajstić information content (AvgIpc) is 2.49. The summed E-state index contributed by atoms with van der Waals surface area (Å²) in [5.41, 5.74) is 1.62. The summed E-state index contributed by atoms with van der Waals surface area (Å²) in [6.45, 7) is 6.89. The summed E-state index contributed by atoms with van der Waals surface area (Å²) in [6.07, 6.45) is -1.25. The maximum absolute atomic E-state index is 12.7. The van der Waals surface area contributed by atoms with Crippen molar-refractivity contribution in [3.05, 3.63) is 29.8 Å². The van der Waals surface area contributed by atoms with Gasteiger partial charge in [-0.25, -0.2) is 0 Å². The number of rotatable bonds is 3. The van der Waals surface area contributed by atoms with E-state index in [0.29, 0.717) is 6.54 Å². The lowest BCUT2D eigenvalue weighted by molar-refractivity contribution is -0.145. The topological polar surface area (TPSA) is 66.8 Å². The van der Waals surface area contributed by atoms with Gasteiger partial charge in [0, 0.05) is 17.8 Å². The third-order valence-corrected chi connectivity index (χ3v) is 3.26. The Balaban J connectivity index is 2.38. The lowest BCUT2D eigenvalue weighted by Gasteiger charge is -2.31. The molecule has 1 aromatic carbocycles. The Labute approximate surface area is 124 Å². The van der Waals surface area contributed by atoms with Gasteiger partial charge in [-0.05, 0) is 11.5 Å². The molecule has 0 aromatic heterocycles. The summed E-state index contributed by atoms with van der Waals surface area (Å²) >= 11 is 0. The van der Waals surface area contributed by atoms with Crippen LogP contribution in [0.3, 0.4) is 0 Å². The lowest BCUT2D eigenvalue weighted by atomic mass is 9.95. The van der Waals surface area contributed by atoms with Gasteiger partial charge in [-0.15, -0.1) is 0 Å². The number of carbonyl (C=O) groups is 2. The highest BCUT2D eigenvalue weighted by atomic mass is 16.5. The zero-order valence-corrected chi connectivity index (χ0v) is 12.6. The number of anilines is 1. The Kier molecular flexibility index (Phi) is 4.32. The van der Waals surface area contributed by atoms with Gasteiger partial charge in [0.1, 0.15) is 6.10 Å². The number of aliphatic carboxylic acids is 1. The summed E-state index contributed by atoms with van der Waals surface area (Å²) in [7, 11) is 0. The second-order valence-corrected chi connectivity index (χ2v) is 6.51. The monoisotopic (exact) mass is 291 g/mol. The molecule has 0 saturated heterocycles. The minimum atomic E-state index is -1.03. The van der Waals surface area contributed by atoms with Crippen LogP contribution < -0.4 is 4.90 Å². The standard InChI is InChI=1S/C16H21NO4/c1-16(2,3)10-17-12-7-5-4-6-11(12)9-21-13(15(17)20)8-14(18)19/h4-7,13H,8-10H2,1-3H3,(H,18,19). The number of carboxylic acids is 1. The van der Waals surface area contributed by atoms with Crippen molar-refractivity contribution in [3.8, 4) is 0 Å². The van der Waals surface area contributed by atoms with Gasteiger partial charge in [0.15, 0.2) is 0 Å². The van der Waals surface area contributed by atoms with Crippen LogP contribution in [0.2, 0.25) is 0 Å². The van der Waals surface area contributed by atoms with E-state index in [9.17, 15) is 9.59 Å². The molecule has 0 spiro atoms. The molecule has 0 saturated carbocycles. The first kappa shape index (κ1) is 15.5. The third kappa shape index (κ3) is 3.82. The smallest absolute Gasteiger partial charge is 0.306 e. The Hall–Kier alpha value is -1.88. The van der Waals surface area contributed by atoms with Crippen LogP contribution in [0.25, 0.3) is 0 Å². The molecule has 114 valence electrons. The highest BCUT2D eigenvalue weighted by molar-refractivity contribution is 5.99. The van der Waals surface area contributed by atoms with Gasteiger partial charge in [0.05, 0.1) is 13.0 Å². The molecule has 5 nitrogen and oxygen atoms in total. The molecule has 21 heavy (non-hydrogen) atoms. The van der Waals surface area contributed by atoms with Crippen molar-refractivity contribution in [1.29, 1.82) is 0 Å². The number of fused-ring (bicyclic) bond motifs is 1. The predicted molar refractivity (Wildman–Crippen MR) is 79.1 cm³/mol. The zero-order valence-electron chi connectivity index (χ0n) is 12.6. The van der Waals surface area contributed by atoms with Crippen LogP contribution in [-0.2, 0) is 20.9 Å². The number of ether oxygens (including phenoxy) is 1. The molecule has 5 heteroatoms. The number of carboxylic acid groups (broad SMARTS) is 1. The van der Waals surface area contributed by atoms with Crippen molar-refractivity contribution in [3.63, 3.8) is 0 Å². The Morgan fingerprint density at radius 2 is 2.05 bits per heavy atom. The quantitative estimate of drug-likeness (QED) is 0.929. The maximum atomic E-state index is 12.7. The first-order chi connectivity index (χ1) is 9.78. The number of hydrogen-bond donors (Lipinski definition) is 1. The van der Waals surface area contributed by atoms with Crippen molar-refractivity contribution in [2.45, 2.75) is 39.9 Å². The van der Waals surface area contributed by atoms with E-state index in [2.05, 4.69) is 0 Å². The molecule has 1 aliphatic rings. The van der Waals surface area contributed by atoms with E-state index in [0.717, 1.165) is 11.3 Å². The minimum absolute atomic E-state index is 0.0963. The van der Waals surface area contributed by atoms with Gasteiger partial charge >= 0.3 is 5.97 Å². The molecule has 1 atom stereocenters. The summed E-state index contributed by atoms with van der Waals surface area (Å²) in [4.78, 5) is 25.3. The van der Waals surface area contributed by atoms with E-state index in [1.54, 1.807) is 4.90 Å². The van der Waals surface area contributed by atoms with Crippen LogP contribution in [0.15, 0.2) is 24.3 Å². The van der Waals surface area contributed by atoms with E-state index < -0.39 is 12.1 Å². The summed E-state index contributed by atoms with van der Waals surface area (Å²) < 4.78 is 5.53. The van der Waals surface area contributed by atoms with Crippen LogP contribution >= 0.6 is 0 Å². The van der Waals surface area contributed by atoms with Crippen LogP contribution in [0.4, 0.5) is 5.69 Å². The van der Waals surface area contributed by atoms with Crippen molar-refractivity contribution < 1.29 is 19.4 Å². The van der Waals surface area contributed by atoms with Crippen LogP contribution in [0, 0.1) is 5.41 Å². The van der Waals surface area contributed by atoms with Gasteiger partial charge in [0.2, 0.25) is 0 Å². The maximum Gasteiger partial charge on any atom is 0.306 e. The van der Waals surface area contributed by atoms with E-state index in [1.165, 1.54) is 0 Å². The van der Waals surface area contributed by atoms with Crippen LogP contribution in [0.1, 0.15) is 32.8 Å². The molecule has 2 rings (SSSR count). The summed E-state index contributed by atoms with van der Waals surface area (Å²) in [5.74, 6) is -1.31. The highest BCUT2D eigenvalue weighted by Gasteiger charge is 2.34. The molecule has 0 aliphatic carbocycles. The molecule has 0 fully saturated rings. The average molecular weight is 291 g/mol. The molecule has 1 N–H and O–H groups in total. The van der Waals surface area contributed by atoms with Gasteiger partial charge in [0.25, 0.3) is 5.91 Å². The van der Waals surface area contributed by atoms with Crippen molar-refractivity contribution in [2.24, 2.45) is 5.41 Å². The molecule has 1 aromatic rings. The number of carbonyl (C=O) groups excluding carboxylic acids is 1. The Morgan fingerprint density at radius 3 is 2.67 bits per heavy atom. The number of para-hydroxylation sites is 1. The van der Waals surface area contributed by atoms with Gasteiger partial charge in [-0.1, -0.05) is 39.0 Å². The predicted octanol–water partition coefficient (Wildman–Crippen LogP) is 2.44. The highest BCUT2D eigenvalue weighted by Crippen LogP contribution is 2.30. The molecule has 1 amide bonds. The lowest BCUT2D eigenvalue weighted by Crippen LogP contribution is -2.44. The van der Waals surface area contributed by atoms with E-state index in [-0.39, 0.29) is 24.3 Å². The van der Waals surface area contributed by atoms with E-state index in [1.807, 2.05) is 45.0 Å². The van der Waals surface area contributed by atoms with Crippen LogP contribution in [-0.4, -0.2) is 29.6 Å². The van der Waals surface area contributed by atoms with E-state index in [4.69, 9.17) is 9.84 Å². The molecule has 1 aliphatic heterocycles. The zero-order chi connectivity index (χ0) is 15.6. The number of nitrogens with zero attached hydrogens (tertiary/aromatic N) is 1. The van der Waals surface area contributed by atoms with Crippen LogP contribution in [0.5, 0.6) is 0 Å². The second-order valence-electron chi connectivity index (χ2n) is 6.51. The SMILES string of the molecule is CC(C)(C)CN1C(=O)C(CC(=O)O)OCc2ccccc21. The molecular weight excluding hydrogens is 270 g/mol. The molecule has 1 unspecified atom stereocenters. The fraction of sp³-hybridized carbons (Fsp3) is 0.500. The van der Waals surface area contributed by atoms with Gasteiger partial charge < -0.3 is 14.7 Å². The molecule has 1 heterocycles. The normalized spacial score (nSPS) is 19.1. The van der Waals surface area contributed by atoms with Crippen molar-refractivity contribution in [1.82, 2.24) is 0 Å². The Morgan fingerprint density at radius 1 is 1.38 bits per heavy atom. The third-order valence-electron chi connectivity index (χ3n) is 3.26. The summed E-state index contributed by atoms with van der Waals surface area (Å²) in [5, 5.41) is 8.96. The first-order valence-corrected chi connectivity index (χ1v) is 7.00. The second kappa shape index (κ2) is 5.85. The van der Waals surface area contributed by atoms with E-state index >= 15 is 0 Å². The van der Waals surface area contributed by atoms with Gasteiger partial charge in [-0.3, -0.25) is 9.59 Å². The number of benzene rings is 1. The van der Waals surface area contributed by atoms with Crippen molar-refractivity contribution >= 4 is 17.6 Å². The Bertz CT molecular complexity index is 547. The fourth-order valence-electron chi connectivity index (χ4n) is 2.39. The first-order valence-electron chi connectivity index (χ1n) is 7.00. The summed E-state index contributed by atoms with van der Waals surface area (Å²) in [6, 6.07) is 7.55. The fourth-order valence-corrected chi connectivity index (χ4v) is 2.39. The molecular formula is C16H21NO4. The molecule has 0 radical (unpaired) electrons. The van der Waals surface area contributed by atoms with Crippen molar-refractivity contribution in [2.75, 3.05) is 11.4 Å². The van der Waals surface area contributed by atoms with Gasteiger partial charge in [-0.2, -0.15) is 0 Å². The number of hydrogen-bond acceptors (Lipinski definition) is 3. The number of amides is 1. The minimum Gasteiger partial charge on any atom is -0.481 e. The largest absolute Gasteiger partial charge is 0.481 e. The molecule has 0 bridgehead atoms.